The van der Waals surface area contributed by atoms with Crippen LogP contribution in [0.2, 0.25) is 0 Å². The molecule has 1 aromatic heterocycles. The molecule has 1 rings (SSSR count). The summed E-state index contributed by atoms with van der Waals surface area (Å²) in [5.74, 6) is 0.294. The van der Waals surface area contributed by atoms with Gasteiger partial charge in [0.2, 0.25) is 5.88 Å². The molecule has 12 heavy (non-hydrogen) atoms. The fourth-order valence-electron chi connectivity index (χ4n) is 0.642. The van der Waals surface area contributed by atoms with Crippen molar-refractivity contribution in [3.05, 3.63) is 18.1 Å². The highest BCUT2D eigenvalue weighted by Gasteiger charge is 2.02. The average molecular weight is 168 g/mol. The van der Waals surface area contributed by atoms with Crippen LogP contribution in [0.1, 0.15) is 5.69 Å². The number of rotatable bonds is 2. The third-order valence-electron chi connectivity index (χ3n) is 1.22. The third-order valence-corrected chi connectivity index (χ3v) is 1.22. The second-order valence-corrected chi connectivity index (χ2v) is 1.93. The first-order chi connectivity index (χ1) is 5.77. The van der Waals surface area contributed by atoms with Crippen molar-refractivity contribution >= 4 is 5.84 Å². The summed E-state index contributed by atoms with van der Waals surface area (Å²) < 4.78 is 4.81. The number of oxime groups is 1. The highest BCUT2D eigenvalue weighted by molar-refractivity contribution is 5.95. The second-order valence-electron chi connectivity index (χ2n) is 1.93. The van der Waals surface area contributed by atoms with Crippen molar-refractivity contribution in [2.24, 2.45) is 10.9 Å². The molecule has 0 aromatic carbocycles. The van der Waals surface area contributed by atoms with Crippen LogP contribution in [0.5, 0.6) is 5.88 Å². The van der Waals surface area contributed by atoms with E-state index < -0.39 is 0 Å². The van der Waals surface area contributed by atoms with Crippen LogP contribution in [-0.2, 0) is 0 Å². The van der Waals surface area contributed by atoms with E-state index in [4.69, 9.17) is 15.7 Å². The van der Waals surface area contributed by atoms with Crippen LogP contribution in [0, 0.1) is 0 Å². The van der Waals surface area contributed by atoms with Gasteiger partial charge in [0.25, 0.3) is 0 Å². The number of methoxy groups -OCH3 is 1. The predicted octanol–water partition coefficient (Wildman–Crippen LogP) is -0.420. The summed E-state index contributed by atoms with van der Waals surface area (Å²) in [6.45, 7) is 0. The standard InChI is InChI=1S/C6H8N4O2/c1-12-5-2-4(6(7)10-11)8-3-9-5/h2-3,11H,1H3,(H2,7,10). The number of aromatic nitrogens is 2. The molecule has 0 unspecified atom stereocenters. The number of amidine groups is 1. The van der Waals surface area contributed by atoms with Gasteiger partial charge < -0.3 is 15.7 Å². The largest absolute Gasteiger partial charge is 0.481 e. The van der Waals surface area contributed by atoms with E-state index in [0.29, 0.717) is 11.6 Å². The third kappa shape index (κ3) is 1.60. The van der Waals surface area contributed by atoms with E-state index in [9.17, 15) is 0 Å². The molecule has 0 atom stereocenters. The maximum Gasteiger partial charge on any atom is 0.216 e. The molecule has 6 heteroatoms. The van der Waals surface area contributed by atoms with Crippen LogP contribution in [0.3, 0.4) is 0 Å². The normalized spacial score (nSPS) is 11.2. The highest BCUT2D eigenvalue weighted by atomic mass is 16.5. The fraction of sp³-hybridized carbons (Fsp3) is 0.167. The lowest BCUT2D eigenvalue weighted by Crippen LogP contribution is -2.15. The van der Waals surface area contributed by atoms with Gasteiger partial charge in [-0.1, -0.05) is 5.16 Å². The monoisotopic (exact) mass is 168 g/mol. The van der Waals surface area contributed by atoms with Gasteiger partial charge in [-0.2, -0.15) is 0 Å². The molecule has 0 aliphatic carbocycles. The minimum Gasteiger partial charge on any atom is -0.481 e. The lowest BCUT2D eigenvalue weighted by atomic mass is 10.4. The molecule has 6 nitrogen and oxygen atoms in total. The van der Waals surface area contributed by atoms with Crippen molar-refractivity contribution in [3.8, 4) is 5.88 Å². The molecule has 0 fully saturated rings. The SMILES string of the molecule is COc1cc(C(N)=NO)ncn1. The van der Waals surface area contributed by atoms with E-state index in [1.54, 1.807) is 0 Å². The Hall–Kier alpha value is -1.85. The molecule has 0 saturated heterocycles. The molecule has 0 radical (unpaired) electrons. The van der Waals surface area contributed by atoms with Gasteiger partial charge in [0.1, 0.15) is 12.0 Å². The molecular formula is C6H8N4O2. The lowest BCUT2D eigenvalue weighted by Gasteiger charge is -1.99. The lowest BCUT2D eigenvalue weighted by molar-refractivity contribution is 0.318. The van der Waals surface area contributed by atoms with Crippen molar-refractivity contribution in [3.63, 3.8) is 0 Å². The minimum absolute atomic E-state index is 0.0734. The minimum atomic E-state index is -0.0734. The molecule has 0 amide bonds. The Kier molecular flexibility index (Phi) is 2.42. The van der Waals surface area contributed by atoms with Crippen LogP contribution in [0.4, 0.5) is 0 Å². The number of hydrogen-bond donors (Lipinski definition) is 2. The van der Waals surface area contributed by atoms with Gasteiger partial charge >= 0.3 is 0 Å². The summed E-state index contributed by atoms with van der Waals surface area (Å²) in [6.07, 6.45) is 1.27. The van der Waals surface area contributed by atoms with E-state index >= 15 is 0 Å². The molecule has 0 aliphatic rings. The van der Waals surface area contributed by atoms with Crippen molar-refractivity contribution in [2.45, 2.75) is 0 Å². The zero-order valence-corrected chi connectivity index (χ0v) is 6.43. The summed E-state index contributed by atoms with van der Waals surface area (Å²) in [4.78, 5) is 7.50. The maximum absolute atomic E-state index is 8.31. The van der Waals surface area contributed by atoms with E-state index in [2.05, 4.69) is 15.1 Å². The molecule has 3 N–H and O–H groups in total. The predicted molar refractivity (Wildman–Crippen MR) is 41.1 cm³/mol. The number of ether oxygens (including phenoxy) is 1. The quantitative estimate of drug-likeness (QED) is 0.271. The first-order valence-electron chi connectivity index (χ1n) is 3.12. The number of nitrogens with two attached hydrogens (primary N) is 1. The first kappa shape index (κ1) is 8.25. The summed E-state index contributed by atoms with van der Waals surface area (Å²) in [5, 5.41) is 11.1. The Morgan fingerprint density at radius 3 is 3.00 bits per heavy atom. The summed E-state index contributed by atoms with van der Waals surface area (Å²) >= 11 is 0. The Morgan fingerprint density at radius 2 is 2.42 bits per heavy atom. The topological polar surface area (TPSA) is 93.6 Å². The zero-order valence-electron chi connectivity index (χ0n) is 6.43. The van der Waals surface area contributed by atoms with Gasteiger partial charge in [0.05, 0.1) is 7.11 Å². The van der Waals surface area contributed by atoms with Crippen LogP contribution >= 0.6 is 0 Å². The Morgan fingerprint density at radius 1 is 1.67 bits per heavy atom. The van der Waals surface area contributed by atoms with Crippen LogP contribution in [-0.4, -0.2) is 28.1 Å². The van der Waals surface area contributed by atoms with Gasteiger partial charge in [-0.15, -0.1) is 0 Å². The molecular weight excluding hydrogens is 160 g/mol. The van der Waals surface area contributed by atoms with Gasteiger partial charge in [-0.3, -0.25) is 0 Å². The smallest absolute Gasteiger partial charge is 0.216 e. The van der Waals surface area contributed by atoms with Gasteiger partial charge in [0, 0.05) is 6.07 Å². The van der Waals surface area contributed by atoms with Gasteiger partial charge in [-0.05, 0) is 0 Å². The van der Waals surface area contributed by atoms with E-state index in [-0.39, 0.29) is 5.84 Å². The molecule has 64 valence electrons. The molecule has 0 saturated carbocycles. The van der Waals surface area contributed by atoms with E-state index in [0.717, 1.165) is 0 Å². The van der Waals surface area contributed by atoms with Crippen LogP contribution in [0.25, 0.3) is 0 Å². The molecule has 1 aromatic rings. The van der Waals surface area contributed by atoms with E-state index in [1.165, 1.54) is 19.5 Å². The summed E-state index contributed by atoms with van der Waals surface area (Å²) in [5.41, 5.74) is 5.60. The number of nitrogens with zero attached hydrogens (tertiary/aromatic N) is 3. The molecule has 0 aliphatic heterocycles. The molecule has 1 heterocycles. The van der Waals surface area contributed by atoms with Gasteiger partial charge in [0.15, 0.2) is 5.84 Å². The summed E-state index contributed by atoms with van der Waals surface area (Å²) in [7, 11) is 1.47. The van der Waals surface area contributed by atoms with Crippen LogP contribution in [0.15, 0.2) is 17.5 Å². The maximum atomic E-state index is 8.31. The van der Waals surface area contributed by atoms with Crippen molar-refractivity contribution < 1.29 is 9.94 Å². The van der Waals surface area contributed by atoms with Gasteiger partial charge in [-0.25, -0.2) is 9.97 Å². The Labute approximate surface area is 68.7 Å². The van der Waals surface area contributed by atoms with Crippen molar-refractivity contribution in [2.75, 3.05) is 7.11 Å². The molecule has 0 spiro atoms. The average Bonchev–Trinajstić information content (AvgIpc) is 2.17. The van der Waals surface area contributed by atoms with E-state index in [1.807, 2.05) is 0 Å². The van der Waals surface area contributed by atoms with Crippen LogP contribution < -0.4 is 10.5 Å². The highest BCUT2D eigenvalue weighted by Crippen LogP contribution is 2.04. The Bertz CT molecular complexity index is 299. The number of hydrogen-bond acceptors (Lipinski definition) is 5. The summed E-state index contributed by atoms with van der Waals surface area (Å²) in [6, 6.07) is 1.47. The zero-order chi connectivity index (χ0) is 8.97. The second kappa shape index (κ2) is 3.51. The Balaban J connectivity index is 3.02. The molecule has 0 bridgehead atoms. The van der Waals surface area contributed by atoms with Crippen molar-refractivity contribution in [1.82, 2.24) is 9.97 Å². The van der Waals surface area contributed by atoms with Crippen molar-refractivity contribution in [1.29, 1.82) is 0 Å². The first-order valence-corrected chi connectivity index (χ1v) is 3.12. The fourth-order valence-corrected chi connectivity index (χ4v) is 0.642.